The molecule has 0 aromatic rings. The van der Waals surface area contributed by atoms with Crippen LogP contribution in [0.5, 0.6) is 0 Å². The SMILES string of the molecule is CCCCCC/C=C\C=C/CCCCCCCC(=O)O[C@H](COC(=O)CCCCCCCCCCCCCCCCCCC(C)C)COP(=O)(O)OCC(O)COP(=O)(O)OC[C@@H](COC(=O)CCCCCCCCCC(C)C)OC(=O)CCCCCCCCCCC(C)CC. The van der Waals surface area contributed by atoms with Crippen molar-refractivity contribution < 1.29 is 80.2 Å². The molecule has 0 aliphatic heterocycles. The molecule has 96 heavy (non-hydrogen) atoms. The topological polar surface area (TPSA) is 237 Å². The first-order chi connectivity index (χ1) is 46.3. The minimum absolute atomic E-state index is 0.0849. The van der Waals surface area contributed by atoms with Crippen molar-refractivity contribution in [3.05, 3.63) is 24.3 Å². The van der Waals surface area contributed by atoms with E-state index in [1.54, 1.807) is 0 Å². The van der Waals surface area contributed by atoms with E-state index in [0.29, 0.717) is 31.6 Å². The average Bonchev–Trinajstić information content (AvgIpc) is 1.42. The third-order valence-corrected chi connectivity index (χ3v) is 19.5. The molecule has 0 aromatic carbocycles. The highest BCUT2D eigenvalue weighted by atomic mass is 31.2. The molecule has 6 atom stereocenters. The van der Waals surface area contributed by atoms with Crippen LogP contribution < -0.4 is 0 Å². The molecule has 3 N–H and O–H groups in total. The van der Waals surface area contributed by atoms with Gasteiger partial charge in [0.25, 0.3) is 0 Å². The zero-order valence-corrected chi connectivity index (χ0v) is 64.1. The van der Waals surface area contributed by atoms with E-state index in [2.05, 4.69) is 72.8 Å². The van der Waals surface area contributed by atoms with Crippen LogP contribution in [0.25, 0.3) is 0 Å². The number of unbranched alkanes of at least 4 members (excludes halogenated alkanes) is 37. The number of phosphoric acid groups is 2. The van der Waals surface area contributed by atoms with Gasteiger partial charge in [-0.15, -0.1) is 0 Å². The maximum Gasteiger partial charge on any atom is 0.472 e. The lowest BCUT2D eigenvalue weighted by atomic mass is 9.99. The molecule has 17 nitrogen and oxygen atoms in total. The van der Waals surface area contributed by atoms with Crippen molar-refractivity contribution in [1.82, 2.24) is 0 Å². The Labute approximate surface area is 586 Å². The maximum atomic E-state index is 13.1. The van der Waals surface area contributed by atoms with Crippen LogP contribution in [0.4, 0.5) is 0 Å². The Morgan fingerprint density at radius 3 is 0.927 bits per heavy atom. The monoisotopic (exact) mass is 1410 g/mol. The molecule has 0 saturated heterocycles. The summed E-state index contributed by atoms with van der Waals surface area (Å²) in [6.45, 7) is 11.8. The largest absolute Gasteiger partial charge is 0.472 e. The van der Waals surface area contributed by atoms with Gasteiger partial charge in [-0.2, -0.15) is 0 Å². The molecular weight excluding hydrogens is 1260 g/mol. The van der Waals surface area contributed by atoms with Crippen LogP contribution in [-0.4, -0.2) is 96.7 Å². The zero-order chi connectivity index (χ0) is 70.9. The van der Waals surface area contributed by atoms with E-state index in [4.69, 9.17) is 37.0 Å². The van der Waals surface area contributed by atoms with Crippen LogP contribution in [-0.2, 0) is 65.4 Å². The van der Waals surface area contributed by atoms with Crippen molar-refractivity contribution in [1.29, 1.82) is 0 Å². The fourth-order valence-electron chi connectivity index (χ4n) is 11.2. The first kappa shape index (κ1) is 93.5. The highest BCUT2D eigenvalue weighted by molar-refractivity contribution is 7.47. The molecule has 0 radical (unpaired) electrons. The molecule has 0 rings (SSSR count). The number of carbonyl (C=O) groups excluding carboxylic acids is 4. The van der Waals surface area contributed by atoms with E-state index >= 15 is 0 Å². The molecule has 0 aromatic heterocycles. The molecule has 0 saturated carbocycles. The molecular formula is C77H146O17P2. The Morgan fingerprint density at radius 1 is 0.344 bits per heavy atom. The molecule has 0 fully saturated rings. The van der Waals surface area contributed by atoms with E-state index < -0.39 is 97.5 Å². The second-order valence-corrected chi connectivity index (χ2v) is 31.2. The summed E-state index contributed by atoms with van der Waals surface area (Å²) in [4.78, 5) is 72.8. The van der Waals surface area contributed by atoms with Crippen molar-refractivity contribution in [2.45, 2.75) is 388 Å². The molecule has 0 heterocycles. The average molecular weight is 1410 g/mol. The van der Waals surface area contributed by atoms with Gasteiger partial charge in [0.2, 0.25) is 0 Å². The van der Waals surface area contributed by atoms with Crippen LogP contribution >= 0.6 is 15.6 Å². The summed E-state index contributed by atoms with van der Waals surface area (Å²) in [6, 6.07) is 0. The van der Waals surface area contributed by atoms with E-state index in [1.807, 2.05) is 0 Å². The van der Waals surface area contributed by atoms with Gasteiger partial charge >= 0.3 is 39.5 Å². The quantitative estimate of drug-likeness (QED) is 0.0169. The Bertz CT molecular complexity index is 1970. The van der Waals surface area contributed by atoms with Gasteiger partial charge in [-0.05, 0) is 69.1 Å². The van der Waals surface area contributed by atoms with Gasteiger partial charge in [0, 0.05) is 25.7 Å². The number of aliphatic hydroxyl groups is 1. The summed E-state index contributed by atoms with van der Waals surface area (Å²) in [5, 5.41) is 10.6. The second kappa shape index (κ2) is 67.1. The fourth-order valence-corrected chi connectivity index (χ4v) is 12.8. The predicted molar refractivity (Wildman–Crippen MR) is 390 cm³/mol. The number of allylic oxidation sites excluding steroid dienone is 4. The lowest BCUT2D eigenvalue weighted by Gasteiger charge is -2.21. The number of hydrogen-bond acceptors (Lipinski definition) is 15. The van der Waals surface area contributed by atoms with Gasteiger partial charge in [-0.25, -0.2) is 9.13 Å². The van der Waals surface area contributed by atoms with Crippen molar-refractivity contribution in [2.75, 3.05) is 39.6 Å². The fraction of sp³-hybridized carbons (Fsp3) is 0.896. The standard InChI is InChI=1S/C77H146O17P2/c1-8-10-11-12-13-14-15-16-19-24-27-30-38-46-53-60-76(81)93-72(64-87-74(79)58-51-44-37-29-26-23-21-18-17-20-22-25-28-34-41-48-55-68(3)4)66-91-95(83,84)89-62-71(78)63-90-96(85,86)92-67-73(65-88-75(80)59-52-45-40-33-35-42-49-56-69(5)6)94-77(82)61-54-47-39-32-31-36-43-50-57-70(7)9-2/h14-16,19,68-73,78H,8-13,17-18,20-67H2,1-7H3,(H,83,84)(H,85,86)/b15-14-,19-16-/t70?,71?,72-,73-/m1/s1. The third kappa shape index (κ3) is 68.7. The summed E-state index contributed by atoms with van der Waals surface area (Å²) in [7, 11) is -9.93. The normalized spacial score (nSPS) is 14.5. The van der Waals surface area contributed by atoms with Gasteiger partial charge < -0.3 is 33.8 Å². The number of hydrogen-bond donors (Lipinski definition) is 3. The number of rotatable bonds is 73. The summed E-state index contributed by atoms with van der Waals surface area (Å²) in [6.07, 6.45) is 56.4. The van der Waals surface area contributed by atoms with Crippen LogP contribution in [0, 0.1) is 17.8 Å². The number of ether oxygens (including phenoxy) is 4. The number of carbonyl (C=O) groups is 4. The maximum absolute atomic E-state index is 13.1. The second-order valence-electron chi connectivity index (χ2n) is 28.3. The number of aliphatic hydroxyl groups excluding tert-OH is 1. The van der Waals surface area contributed by atoms with Crippen molar-refractivity contribution in [3.8, 4) is 0 Å². The van der Waals surface area contributed by atoms with Gasteiger partial charge in [-0.3, -0.25) is 37.3 Å². The molecule has 0 aliphatic rings. The van der Waals surface area contributed by atoms with E-state index in [0.717, 1.165) is 121 Å². The smallest absolute Gasteiger partial charge is 0.462 e. The molecule has 0 aliphatic carbocycles. The summed E-state index contributed by atoms with van der Waals surface area (Å²) in [5.41, 5.74) is 0. The third-order valence-electron chi connectivity index (χ3n) is 17.6. The van der Waals surface area contributed by atoms with E-state index in [-0.39, 0.29) is 25.7 Å². The predicted octanol–water partition coefficient (Wildman–Crippen LogP) is 22.1. The van der Waals surface area contributed by atoms with Gasteiger partial charge in [-0.1, -0.05) is 317 Å². The molecule has 4 unspecified atom stereocenters. The lowest BCUT2D eigenvalue weighted by Crippen LogP contribution is -2.30. The van der Waals surface area contributed by atoms with E-state index in [9.17, 15) is 43.2 Å². The Balaban J connectivity index is 5.26. The Morgan fingerprint density at radius 2 is 0.615 bits per heavy atom. The first-order valence-electron chi connectivity index (χ1n) is 39.2. The van der Waals surface area contributed by atoms with Crippen LogP contribution in [0.2, 0.25) is 0 Å². The van der Waals surface area contributed by atoms with Crippen LogP contribution in [0.15, 0.2) is 24.3 Å². The Kier molecular flexibility index (Phi) is 65.3. The lowest BCUT2D eigenvalue weighted by molar-refractivity contribution is -0.161. The highest BCUT2D eigenvalue weighted by Gasteiger charge is 2.30. The van der Waals surface area contributed by atoms with Gasteiger partial charge in [0.15, 0.2) is 12.2 Å². The van der Waals surface area contributed by atoms with Crippen molar-refractivity contribution in [2.24, 2.45) is 17.8 Å². The first-order valence-corrected chi connectivity index (χ1v) is 42.2. The van der Waals surface area contributed by atoms with Crippen molar-refractivity contribution in [3.63, 3.8) is 0 Å². The Hall–Kier alpha value is -2.46. The molecule has 19 heteroatoms. The minimum Gasteiger partial charge on any atom is -0.462 e. The molecule has 0 spiro atoms. The van der Waals surface area contributed by atoms with Crippen LogP contribution in [0.3, 0.4) is 0 Å². The molecule has 0 amide bonds. The van der Waals surface area contributed by atoms with Gasteiger partial charge in [0.05, 0.1) is 26.4 Å². The summed E-state index contributed by atoms with van der Waals surface area (Å²) < 4.78 is 68.5. The van der Waals surface area contributed by atoms with Gasteiger partial charge in [0.1, 0.15) is 19.3 Å². The highest BCUT2D eigenvalue weighted by Crippen LogP contribution is 2.45. The van der Waals surface area contributed by atoms with Crippen molar-refractivity contribution >= 4 is 39.5 Å². The molecule has 0 bridgehead atoms. The van der Waals surface area contributed by atoms with E-state index in [1.165, 1.54) is 161 Å². The zero-order valence-electron chi connectivity index (χ0n) is 62.3. The molecule has 566 valence electrons. The minimum atomic E-state index is -4.97. The number of esters is 4. The summed E-state index contributed by atoms with van der Waals surface area (Å²) in [5.74, 6) is 0.132. The van der Waals surface area contributed by atoms with Crippen LogP contribution in [0.1, 0.15) is 370 Å². The summed E-state index contributed by atoms with van der Waals surface area (Å²) >= 11 is 0. The number of phosphoric ester groups is 2.